The lowest BCUT2D eigenvalue weighted by Gasteiger charge is -2.13. The molecule has 692 valence electrons. The first kappa shape index (κ1) is 83.5. The largest absolute Gasteiger partial charge is 0.455 e. The van der Waals surface area contributed by atoms with Gasteiger partial charge in [-0.1, -0.05) is 352 Å². The van der Waals surface area contributed by atoms with Gasteiger partial charge in [0.1, 0.15) is 33.5 Å². The molecule has 33 aromatic rings. The maximum Gasteiger partial charge on any atom is 0.235 e. The van der Waals surface area contributed by atoms with E-state index in [-0.39, 0.29) is 0 Å². The highest BCUT2D eigenvalue weighted by atomic mass is 16.3. The van der Waals surface area contributed by atoms with Crippen molar-refractivity contribution in [3.05, 3.63) is 497 Å². The number of para-hydroxylation sites is 9. The Balaban J connectivity index is 0.000000101. The van der Waals surface area contributed by atoms with E-state index in [0.717, 1.165) is 177 Å². The Bertz CT molecular complexity index is 11100. The van der Waals surface area contributed by atoms with E-state index in [0.29, 0.717) is 11.8 Å². The van der Waals surface area contributed by atoms with Crippen LogP contribution in [-0.2, 0) is 0 Å². The van der Waals surface area contributed by atoms with Gasteiger partial charge in [-0.05, 0) is 206 Å². The first-order valence-corrected chi connectivity index (χ1v) is 50.6. The second-order valence-corrected chi connectivity index (χ2v) is 38.9. The molecule has 0 spiro atoms. The molecule has 0 aliphatic heterocycles. The highest BCUT2D eigenvalue weighted by Crippen LogP contribution is 2.51. The monoisotopic (exact) mass is 1900 g/mol. The molecule has 0 aliphatic carbocycles. The smallest absolute Gasteiger partial charge is 0.235 e. The third-order valence-corrected chi connectivity index (χ3v) is 30.6. The molecule has 0 saturated heterocycles. The van der Waals surface area contributed by atoms with Crippen molar-refractivity contribution in [2.45, 2.75) is 0 Å². The van der Waals surface area contributed by atoms with Gasteiger partial charge in [-0.3, -0.25) is 4.57 Å². The fourth-order valence-corrected chi connectivity index (χ4v) is 23.9. The van der Waals surface area contributed by atoms with E-state index < -0.39 is 0 Å². The van der Waals surface area contributed by atoms with Crippen LogP contribution in [-0.4, -0.2) is 38.2 Å². The predicted molar refractivity (Wildman–Crippen MR) is 617 cm³/mol. The standard InChI is InChI=1S/C48H29N3O.C46H27N3O.C44H26N2O/c1-3-11-30(12-4-1)40-29-41(31-13-5-2-6-14-31)50-48(49-40)33-23-25-36(26-24-33)51-42-19-9-15-32-21-22-34-27-35(28-43(51)46(34)45(32)42)37-17-10-18-39-38-16-7-8-20-44(38)52-47(37)39;1-2-10-28(11-3-1)29-20-23-31(24-21-29)44-37-14-4-6-17-38(37)47-46(48-44)49-39-18-8-12-30-22-25-32-26-33(27-40(49)43(32)42(30)39)34-15-9-16-36-35-13-5-7-19-41(35)50-45(34)36;1-2-11-30(12-3-1)45-37-17-6-4-13-33(37)36-26-31(22-23-38(36)45)46-39-18-8-10-27-20-21-28-24-29(25-40(46)43(28)42(27)39)32-15-9-16-35-34-14-5-7-19-41(34)47-44(32)35/h1-29H;1-27H;1-26H. The molecule has 149 heavy (non-hydrogen) atoms. The number of aromatic nitrogens is 8. The molecule has 0 amide bonds. The van der Waals surface area contributed by atoms with Gasteiger partial charge >= 0.3 is 0 Å². The number of hydrogen-bond acceptors (Lipinski definition) is 7. The average molecular weight is 1900 g/mol. The van der Waals surface area contributed by atoms with Crippen molar-refractivity contribution < 1.29 is 13.3 Å². The molecule has 9 aromatic heterocycles. The molecule has 11 nitrogen and oxygen atoms in total. The van der Waals surface area contributed by atoms with E-state index in [1.54, 1.807) is 0 Å². The first-order chi connectivity index (χ1) is 73.9. The maximum absolute atomic E-state index is 6.51. The third-order valence-electron chi connectivity index (χ3n) is 30.6. The zero-order chi connectivity index (χ0) is 97.6. The van der Waals surface area contributed by atoms with E-state index in [9.17, 15) is 0 Å². The average Bonchev–Trinajstić information content (AvgIpc) is 1.56. The van der Waals surface area contributed by atoms with Gasteiger partial charge < -0.3 is 27.0 Å². The molecule has 9 heterocycles. The van der Waals surface area contributed by atoms with Crippen molar-refractivity contribution in [2.24, 2.45) is 0 Å². The van der Waals surface area contributed by atoms with Crippen LogP contribution in [0.2, 0.25) is 0 Å². The molecule has 0 aliphatic rings. The minimum Gasteiger partial charge on any atom is -0.455 e. The predicted octanol–water partition coefficient (Wildman–Crippen LogP) is 37.0. The minimum atomic E-state index is 0.648. The van der Waals surface area contributed by atoms with Crippen LogP contribution >= 0.6 is 0 Å². The van der Waals surface area contributed by atoms with Crippen LogP contribution in [0.1, 0.15) is 0 Å². The van der Waals surface area contributed by atoms with E-state index in [1.807, 2.05) is 78.9 Å². The summed E-state index contributed by atoms with van der Waals surface area (Å²) in [5.74, 6) is 1.34. The van der Waals surface area contributed by atoms with Crippen molar-refractivity contribution in [3.8, 4) is 113 Å². The number of fused-ring (bicyclic) bond motifs is 13. The summed E-state index contributed by atoms with van der Waals surface area (Å²) in [6.45, 7) is 0. The summed E-state index contributed by atoms with van der Waals surface area (Å²) >= 11 is 0. The van der Waals surface area contributed by atoms with Crippen LogP contribution in [0.5, 0.6) is 0 Å². The van der Waals surface area contributed by atoms with Crippen molar-refractivity contribution in [2.75, 3.05) is 0 Å². The number of nitrogens with zero attached hydrogens (tertiary/aromatic N) is 8. The van der Waals surface area contributed by atoms with Gasteiger partial charge in [0, 0.05) is 137 Å². The lowest BCUT2D eigenvalue weighted by Crippen LogP contribution is -2.03. The topological polar surface area (TPSA) is 111 Å². The van der Waals surface area contributed by atoms with E-state index in [1.165, 1.54) is 120 Å². The van der Waals surface area contributed by atoms with Crippen molar-refractivity contribution in [1.29, 1.82) is 0 Å². The molecule has 0 saturated carbocycles. The highest BCUT2D eigenvalue weighted by molar-refractivity contribution is 6.29. The molecule has 0 unspecified atom stereocenters. The second kappa shape index (κ2) is 33.2. The van der Waals surface area contributed by atoms with Crippen molar-refractivity contribution in [3.63, 3.8) is 0 Å². The molecule has 0 fully saturated rings. The molecule has 0 bridgehead atoms. The highest BCUT2D eigenvalue weighted by Gasteiger charge is 2.28. The zero-order valence-electron chi connectivity index (χ0n) is 80.1. The summed E-state index contributed by atoms with van der Waals surface area (Å²) in [7, 11) is 0. The van der Waals surface area contributed by atoms with Crippen LogP contribution in [0.4, 0.5) is 0 Å². The number of hydrogen-bond donors (Lipinski definition) is 0. The quantitative estimate of drug-likeness (QED) is 0.112. The van der Waals surface area contributed by atoms with E-state index >= 15 is 0 Å². The second-order valence-electron chi connectivity index (χ2n) is 38.9. The number of furan rings is 3. The lowest BCUT2D eigenvalue weighted by molar-refractivity contribution is 0.669. The van der Waals surface area contributed by atoms with Gasteiger partial charge in [0.05, 0.1) is 66.7 Å². The maximum atomic E-state index is 6.51. The normalized spacial score (nSPS) is 12.0. The van der Waals surface area contributed by atoms with Gasteiger partial charge in [-0.2, -0.15) is 0 Å². The molecule has 33 rings (SSSR count). The van der Waals surface area contributed by atoms with Crippen LogP contribution in [0.3, 0.4) is 0 Å². The van der Waals surface area contributed by atoms with Gasteiger partial charge in [-0.25, -0.2) is 19.9 Å². The fraction of sp³-hybridized carbons (Fsp3) is 0. The van der Waals surface area contributed by atoms with Crippen LogP contribution < -0.4 is 0 Å². The molecule has 24 aromatic carbocycles. The summed E-state index contributed by atoms with van der Waals surface area (Å²) < 4.78 is 29.0. The Hall–Kier alpha value is -20.1. The SMILES string of the molecule is c1ccc(-c2cc(-c3ccccc3)nc(-c3ccc(-n4c5cccc6ccc7cc(-c8cccc9c8oc8ccccc89)cc4c7c65)cc3)n2)cc1.c1ccc(-c2ccc(-c3nc(-n4c5cccc6ccc7cc(-c8cccc9c8oc8ccccc89)cc4c7c65)nc4ccccc34)cc2)cc1.c1ccc(-n2c3ccccc3c3cc(-n4c5cccc6ccc7cc(-c8cccc9c8oc8ccccc89)cc4c7c65)ccc32)cc1. The van der Waals surface area contributed by atoms with Crippen molar-refractivity contribution in [1.82, 2.24) is 38.2 Å². The van der Waals surface area contributed by atoms with E-state index in [2.05, 4.69) is 437 Å². The minimum absolute atomic E-state index is 0.648. The summed E-state index contributed by atoms with van der Waals surface area (Å²) in [5, 5.41) is 25.2. The summed E-state index contributed by atoms with van der Waals surface area (Å²) in [5.41, 5.74) is 34.9. The third kappa shape index (κ3) is 13.3. The van der Waals surface area contributed by atoms with Crippen LogP contribution in [0.25, 0.3) is 309 Å². The molecular weight excluding hydrogens is 1820 g/mol. The Morgan fingerprint density at radius 1 is 0.168 bits per heavy atom. The molecule has 0 radical (unpaired) electrons. The molecular formula is C138H82N8O3. The number of rotatable bonds is 12. The lowest BCUT2D eigenvalue weighted by atomic mass is 9.96. The van der Waals surface area contributed by atoms with Gasteiger partial charge in [0.15, 0.2) is 5.82 Å². The van der Waals surface area contributed by atoms with Crippen LogP contribution in [0, 0.1) is 0 Å². The van der Waals surface area contributed by atoms with Gasteiger partial charge in [0.2, 0.25) is 5.95 Å². The summed E-state index contributed by atoms with van der Waals surface area (Å²) in [6, 6.07) is 177. The molecule has 0 atom stereocenters. The zero-order valence-corrected chi connectivity index (χ0v) is 80.1. The number of benzene rings is 24. The Labute approximate surface area is 851 Å². The van der Waals surface area contributed by atoms with Gasteiger partial charge in [0.25, 0.3) is 0 Å². The van der Waals surface area contributed by atoms with Gasteiger partial charge in [-0.15, -0.1) is 0 Å². The Morgan fingerprint density at radius 2 is 0.510 bits per heavy atom. The van der Waals surface area contributed by atoms with Crippen LogP contribution in [0.15, 0.2) is 511 Å². The Morgan fingerprint density at radius 3 is 1.01 bits per heavy atom. The summed E-state index contributed by atoms with van der Waals surface area (Å²) in [6.07, 6.45) is 0. The Kier molecular flexibility index (Phi) is 18.6. The molecule has 11 heteroatoms. The molecule has 0 N–H and O–H groups in total. The van der Waals surface area contributed by atoms with Crippen molar-refractivity contribution >= 4 is 196 Å². The fourth-order valence-electron chi connectivity index (χ4n) is 23.9. The van der Waals surface area contributed by atoms with E-state index in [4.69, 9.17) is 33.2 Å². The summed E-state index contributed by atoms with van der Waals surface area (Å²) in [4.78, 5) is 20.8. The first-order valence-electron chi connectivity index (χ1n) is 50.6.